The van der Waals surface area contributed by atoms with Gasteiger partial charge in [-0.2, -0.15) is 0 Å². The fraction of sp³-hybridized carbons (Fsp3) is 0.500. The number of aliphatic hydroxyl groups excluding tert-OH is 2. The van der Waals surface area contributed by atoms with Gasteiger partial charge in [0.05, 0.1) is 12.7 Å². The molecule has 0 fully saturated rings. The lowest BCUT2D eigenvalue weighted by Gasteiger charge is -2.23. The normalized spacial score (nSPS) is 15.1. The van der Waals surface area contributed by atoms with E-state index in [1.54, 1.807) is 6.92 Å². The summed E-state index contributed by atoms with van der Waals surface area (Å²) in [6, 6.07) is 3.84. The molecule has 3 atom stereocenters. The summed E-state index contributed by atoms with van der Waals surface area (Å²) in [4.78, 5) is 11.7. The molecule has 5 nitrogen and oxygen atoms in total. The smallest absolute Gasteiger partial charge is 0.335 e. The number of hydrogen-bond acceptors (Lipinski definition) is 5. The number of rotatable bonds is 10. The number of aliphatic hydroxyl groups is 2. The Hall–Kier alpha value is -2.11. The summed E-state index contributed by atoms with van der Waals surface area (Å²) >= 11 is 0. The van der Waals surface area contributed by atoms with Crippen LogP contribution in [0.1, 0.15) is 49.8 Å². The van der Waals surface area contributed by atoms with E-state index in [1.807, 2.05) is 32.9 Å². The highest BCUT2D eigenvalue weighted by atomic mass is 16.5. The molecule has 0 aromatic heterocycles. The summed E-state index contributed by atoms with van der Waals surface area (Å²) in [5, 5.41) is 30.4. The second kappa shape index (κ2) is 10.9. The average molecular weight is 376 g/mol. The summed E-state index contributed by atoms with van der Waals surface area (Å²) in [6.45, 7) is 11.2. The number of esters is 1. The van der Waals surface area contributed by atoms with Crippen molar-refractivity contribution in [3.8, 4) is 5.75 Å². The molecule has 0 aliphatic heterocycles. The highest BCUT2D eigenvalue weighted by Crippen LogP contribution is 2.26. The predicted octanol–water partition coefficient (Wildman–Crippen LogP) is 3.67. The van der Waals surface area contributed by atoms with Crippen LogP contribution in [0.4, 0.5) is 0 Å². The van der Waals surface area contributed by atoms with Crippen molar-refractivity contribution in [1.82, 2.24) is 0 Å². The second-order valence-corrected chi connectivity index (χ2v) is 6.78. The largest absolute Gasteiger partial charge is 0.507 e. The molecule has 1 rings (SSSR count). The summed E-state index contributed by atoms with van der Waals surface area (Å²) in [7, 11) is 0. The molecular weight excluding hydrogens is 344 g/mol. The summed E-state index contributed by atoms with van der Waals surface area (Å²) in [6.07, 6.45) is 2.95. The van der Waals surface area contributed by atoms with Crippen LogP contribution in [0.5, 0.6) is 5.75 Å². The van der Waals surface area contributed by atoms with Crippen LogP contribution >= 0.6 is 0 Å². The van der Waals surface area contributed by atoms with Gasteiger partial charge >= 0.3 is 5.97 Å². The average Bonchev–Trinajstić information content (AvgIpc) is 2.63. The number of benzene rings is 1. The lowest BCUT2D eigenvalue weighted by Crippen LogP contribution is -2.37. The molecule has 5 heteroatoms. The highest BCUT2D eigenvalue weighted by molar-refractivity contribution is 5.75. The zero-order valence-corrected chi connectivity index (χ0v) is 16.7. The number of aryl methyl sites for hydroxylation is 2. The fourth-order valence-electron chi connectivity index (χ4n) is 3.07. The first-order valence-electron chi connectivity index (χ1n) is 9.40. The third-order valence-corrected chi connectivity index (χ3v) is 4.71. The Bertz CT molecular complexity index is 654. The minimum absolute atomic E-state index is 0.171. The van der Waals surface area contributed by atoms with E-state index in [1.165, 1.54) is 6.08 Å². The van der Waals surface area contributed by atoms with Gasteiger partial charge in [0.2, 0.25) is 0 Å². The van der Waals surface area contributed by atoms with Gasteiger partial charge in [-0.1, -0.05) is 24.6 Å². The maximum Gasteiger partial charge on any atom is 0.335 e. The molecule has 0 heterocycles. The van der Waals surface area contributed by atoms with Crippen molar-refractivity contribution in [2.75, 3.05) is 6.61 Å². The Morgan fingerprint density at radius 3 is 2.30 bits per heavy atom. The molecule has 0 saturated carbocycles. The van der Waals surface area contributed by atoms with Gasteiger partial charge < -0.3 is 20.1 Å². The first-order chi connectivity index (χ1) is 12.7. The van der Waals surface area contributed by atoms with Crippen LogP contribution < -0.4 is 0 Å². The van der Waals surface area contributed by atoms with Gasteiger partial charge in [-0.3, -0.25) is 0 Å². The van der Waals surface area contributed by atoms with E-state index >= 15 is 0 Å². The van der Waals surface area contributed by atoms with E-state index < -0.39 is 24.1 Å². The molecule has 1 aromatic rings. The zero-order chi connectivity index (χ0) is 20.6. The van der Waals surface area contributed by atoms with E-state index in [2.05, 4.69) is 12.7 Å². The van der Waals surface area contributed by atoms with Crippen molar-refractivity contribution in [3.05, 3.63) is 47.1 Å². The molecule has 1 aromatic carbocycles. The van der Waals surface area contributed by atoms with Crippen molar-refractivity contribution in [3.63, 3.8) is 0 Å². The lowest BCUT2D eigenvalue weighted by molar-refractivity contribution is -0.157. The first-order valence-corrected chi connectivity index (χ1v) is 9.40. The van der Waals surface area contributed by atoms with E-state index in [0.29, 0.717) is 18.6 Å². The number of carbonyl (C=O) groups excluding carboxylic acids is 1. The Labute approximate surface area is 162 Å². The second-order valence-electron chi connectivity index (χ2n) is 6.78. The van der Waals surface area contributed by atoms with Gasteiger partial charge in [0.1, 0.15) is 5.75 Å². The highest BCUT2D eigenvalue weighted by Gasteiger charge is 2.30. The minimum Gasteiger partial charge on any atom is -0.507 e. The first kappa shape index (κ1) is 22.9. The summed E-state index contributed by atoms with van der Waals surface area (Å²) < 4.78 is 4.81. The minimum atomic E-state index is -1.42. The van der Waals surface area contributed by atoms with Crippen molar-refractivity contribution in [2.45, 2.75) is 59.2 Å². The van der Waals surface area contributed by atoms with Crippen LogP contribution in [0.15, 0.2) is 30.4 Å². The van der Waals surface area contributed by atoms with Crippen LogP contribution in [-0.4, -0.2) is 40.1 Å². The molecule has 0 saturated heterocycles. The molecule has 3 N–H and O–H groups in total. The van der Waals surface area contributed by atoms with Crippen LogP contribution in [0.25, 0.3) is 6.08 Å². The maximum atomic E-state index is 11.7. The number of phenolic OH excluding ortho intramolecular Hbond substituents is 1. The van der Waals surface area contributed by atoms with Crippen LogP contribution in [0, 0.1) is 19.8 Å². The standard InChI is InChI=1S/C22H32O5/c1-6-16(13-17-11-14(4)20(24)15(5)12-17)9-10-19(23)18(7-2)21(25)22(26)27-8-3/h7,11-13,18-19,21,23-25H,2,6,8-10H2,1,3-5H3/b16-13+/t18-,19-,21+/m1/s1. The summed E-state index contributed by atoms with van der Waals surface area (Å²) in [5.74, 6) is -1.22. The van der Waals surface area contributed by atoms with Crippen molar-refractivity contribution >= 4 is 12.0 Å². The Morgan fingerprint density at radius 2 is 1.81 bits per heavy atom. The number of ether oxygens (including phenoxy) is 1. The number of carbonyl (C=O) groups is 1. The molecule has 0 radical (unpaired) electrons. The monoisotopic (exact) mass is 376 g/mol. The van der Waals surface area contributed by atoms with Gasteiger partial charge in [0.15, 0.2) is 6.10 Å². The summed E-state index contributed by atoms with van der Waals surface area (Å²) in [5.41, 5.74) is 3.77. The van der Waals surface area contributed by atoms with Crippen molar-refractivity contribution in [2.24, 2.45) is 5.92 Å². The Balaban J connectivity index is 2.83. The Kier molecular flexibility index (Phi) is 9.26. The van der Waals surface area contributed by atoms with Gasteiger partial charge in [0.25, 0.3) is 0 Å². The molecule has 0 bridgehead atoms. The number of allylic oxidation sites excluding steroid dienone is 1. The third-order valence-electron chi connectivity index (χ3n) is 4.71. The predicted molar refractivity (Wildman–Crippen MR) is 107 cm³/mol. The molecule has 0 amide bonds. The number of aromatic hydroxyl groups is 1. The van der Waals surface area contributed by atoms with Gasteiger partial charge in [-0.25, -0.2) is 4.79 Å². The van der Waals surface area contributed by atoms with Crippen molar-refractivity contribution < 1.29 is 24.9 Å². The molecule has 0 aliphatic rings. The quantitative estimate of drug-likeness (QED) is 0.428. The fourth-order valence-corrected chi connectivity index (χ4v) is 3.07. The number of hydrogen-bond donors (Lipinski definition) is 3. The third kappa shape index (κ3) is 6.52. The molecule has 0 unspecified atom stereocenters. The molecule has 0 spiro atoms. The van der Waals surface area contributed by atoms with Gasteiger partial charge in [-0.05, 0) is 68.9 Å². The van der Waals surface area contributed by atoms with E-state index in [9.17, 15) is 20.1 Å². The van der Waals surface area contributed by atoms with Crippen LogP contribution in [0.3, 0.4) is 0 Å². The molecule has 0 aliphatic carbocycles. The molecular formula is C22H32O5. The zero-order valence-electron chi connectivity index (χ0n) is 16.7. The SMILES string of the molecule is C=C[C@H]([C@H](O)CC/C(=C/c1cc(C)c(O)c(C)c1)CC)[C@H](O)C(=O)OCC. The van der Waals surface area contributed by atoms with E-state index in [0.717, 1.165) is 28.7 Å². The Morgan fingerprint density at radius 1 is 1.22 bits per heavy atom. The van der Waals surface area contributed by atoms with E-state index in [-0.39, 0.29) is 6.61 Å². The van der Waals surface area contributed by atoms with Crippen LogP contribution in [0.2, 0.25) is 0 Å². The van der Waals surface area contributed by atoms with E-state index in [4.69, 9.17) is 4.74 Å². The lowest BCUT2D eigenvalue weighted by atomic mass is 9.90. The number of phenols is 1. The topological polar surface area (TPSA) is 87.0 Å². The van der Waals surface area contributed by atoms with Gasteiger partial charge in [0, 0.05) is 5.92 Å². The molecule has 150 valence electrons. The maximum absolute atomic E-state index is 11.7. The van der Waals surface area contributed by atoms with Crippen LogP contribution in [-0.2, 0) is 9.53 Å². The van der Waals surface area contributed by atoms with Gasteiger partial charge in [-0.15, -0.1) is 6.58 Å². The van der Waals surface area contributed by atoms with Crippen molar-refractivity contribution in [1.29, 1.82) is 0 Å². The molecule has 27 heavy (non-hydrogen) atoms.